The normalized spacial score (nSPS) is 10.6. The molecule has 0 aliphatic carbocycles. The first kappa shape index (κ1) is 14.4. The summed E-state index contributed by atoms with van der Waals surface area (Å²) in [6, 6.07) is 8.04. The highest BCUT2D eigenvalue weighted by Crippen LogP contribution is 2.27. The molecule has 0 saturated carbocycles. The number of aromatic nitrogens is 2. The van der Waals surface area contributed by atoms with Crippen LogP contribution in [0.2, 0.25) is 0 Å². The Bertz CT molecular complexity index is 552. The third kappa shape index (κ3) is 3.51. The molecule has 2 rings (SSSR count). The van der Waals surface area contributed by atoms with E-state index in [1.54, 1.807) is 14.2 Å². The minimum atomic E-state index is 0.763. The van der Waals surface area contributed by atoms with Crippen molar-refractivity contribution >= 4 is 0 Å². The lowest BCUT2D eigenvalue weighted by atomic mass is 10.1. The van der Waals surface area contributed by atoms with Crippen molar-refractivity contribution in [2.24, 2.45) is 7.05 Å². The molecule has 2 aromatic rings. The summed E-state index contributed by atoms with van der Waals surface area (Å²) in [5, 5.41) is 7.55. The average Bonchev–Trinajstić information content (AvgIpc) is 2.88. The second-order valence-electron chi connectivity index (χ2n) is 4.56. The monoisotopic (exact) mass is 275 g/mol. The van der Waals surface area contributed by atoms with Crippen LogP contribution in [-0.4, -0.2) is 30.5 Å². The molecule has 0 aliphatic rings. The lowest BCUT2D eigenvalue weighted by molar-refractivity contribution is 0.354. The van der Waals surface area contributed by atoms with Crippen LogP contribution in [0.1, 0.15) is 11.3 Å². The van der Waals surface area contributed by atoms with Crippen molar-refractivity contribution in [3.05, 3.63) is 41.7 Å². The fraction of sp³-hybridized carbons (Fsp3) is 0.400. The SMILES string of the molecule is COc1ccc(CCNCc2ccnn2C)cc1OC. The molecule has 20 heavy (non-hydrogen) atoms. The molecule has 0 bridgehead atoms. The van der Waals surface area contributed by atoms with E-state index in [2.05, 4.69) is 16.5 Å². The zero-order valence-electron chi connectivity index (χ0n) is 12.2. The van der Waals surface area contributed by atoms with Crippen molar-refractivity contribution in [3.8, 4) is 11.5 Å². The Hall–Kier alpha value is -2.01. The van der Waals surface area contributed by atoms with Gasteiger partial charge in [-0.3, -0.25) is 4.68 Å². The van der Waals surface area contributed by atoms with E-state index >= 15 is 0 Å². The number of nitrogens with zero attached hydrogens (tertiary/aromatic N) is 2. The molecule has 5 heteroatoms. The fourth-order valence-corrected chi connectivity index (χ4v) is 2.06. The molecular weight excluding hydrogens is 254 g/mol. The predicted molar refractivity (Wildman–Crippen MR) is 78.2 cm³/mol. The second kappa shape index (κ2) is 6.96. The fourth-order valence-electron chi connectivity index (χ4n) is 2.06. The van der Waals surface area contributed by atoms with Gasteiger partial charge in [0.1, 0.15) is 0 Å². The van der Waals surface area contributed by atoms with E-state index in [-0.39, 0.29) is 0 Å². The van der Waals surface area contributed by atoms with Gasteiger partial charge in [0, 0.05) is 19.8 Å². The summed E-state index contributed by atoms with van der Waals surface area (Å²) in [5.74, 6) is 1.54. The Balaban J connectivity index is 1.83. The van der Waals surface area contributed by atoms with Crippen LogP contribution in [0.5, 0.6) is 11.5 Å². The molecule has 0 fully saturated rings. The first-order valence-corrected chi connectivity index (χ1v) is 6.63. The van der Waals surface area contributed by atoms with Gasteiger partial charge in [-0.25, -0.2) is 0 Å². The largest absolute Gasteiger partial charge is 0.493 e. The van der Waals surface area contributed by atoms with Gasteiger partial charge in [0.15, 0.2) is 11.5 Å². The lowest BCUT2D eigenvalue weighted by Crippen LogP contribution is -2.18. The topological polar surface area (TPSA) is 48.3 Å². The van der Waals surface area contributed by atoms with Gasteiger partial charge in [0.25, 0.3) is 0 Å². The van der Waals surface area contributed by atoms with E-state index in [0.717, 1.165) is 31.0 Å². The lowest BCUT2D eigenvalue weighted by Gasteiger charge is -2.10. The molecule has 1 N–H and O–H groups in total. The summed E-state index contributed by atoms with van der Waals surface area (Å²) < 4.78 is 12.4. The van der Waals surface area contributed by atoms with E-state index < -0.39 is 0 Å². The maximum atomic E-state index is 5.30. The van der Waals surface area contributed by atoms with Gasteiger partial charge >= 0.3 is 0 Å². The maximum Gasteiger partial charge on any atom is 0.160 e. The molecule has 1 aromatic heterocycles. The Morgan fingerprint density at radius 3 is 2.60 bits per heavy atom. The molecule has 0 aliphatic heterocycles. The molecule has 0 unspecified atom stereocenters. The first-order chi connectivity index (χ1) is 9.74. The summed E-state index contributed by atoms with van der Waals surface area (Å²) in [4.78, 5) is 0. The number of methoxy groups -OCH3 is 2. The number of aryl methyl sites for hydroxylation is 1. The quantitative estimate of drug-likeness (QED) is 0.782. The van der Waals surface area contributed by atoms with E-state index in [1.165, 1.54) is 11.3 Å². The molecule has 0 amide bonds. The number of ether oxygens (including phenoxy) is 2. The summed E-state index contributed by atoms with van der Waals surface area (Å²) in [7, 11) is 5.25. The van der Waals surface area contributed by atoms with Crippen LogP contribution < -0.4 is 14.8 Å². The third-order valence-electron chi connectivity index (χ3n) is 3.27. The third-order valence-corrected chi connectivity index (χ3v) is 3.27. The summed E-state index contributed by atoms with van der Waals surface area (Å²) in [6.45, 7) is 1.73. The summed E-state index contributed by atoms with van der Waals surface area (Å²) >= 11 is 0. The Morgan fingerprint density at radius 1 is 1.15 bits per heavy atom. The van der Waals surface area contributed by atoms with Gasteiger partial charge in [-0.05, 0) is 36.7 Å². The van der Waals surface area contributed by atoms with Gasteiger partial charge in [-0.2, -0.15) is 5.10 Å². The molecule has 0 atom stereocenters. The van der Waals surface area contributed by atoms with Crippen molar-refractivity contribution in [2.75, 3.05) is 20.8 Å². The van der Waals surface area contributed by atoms with Crippen molar-refractivity contribution < 1.29 is 9.47 Å². The van der Waals surface area contributed by atoms with Crippen LogP contribution in [0.3, 0.4) is 0 Å². The van der Waals surface area contributed by atoms with Crippen molar-refractivity contribution in [3.63, 3.8) is 0 Å². The van der Waals surface area contributed by atoms with Crippen LogP contribution in [-0.2, 0) is 20.0 Å². The molecule has 1 aromatic carbocycles. The molecule has 108 valence electrons. The minimum Gasteiger partial charge on any atom is -0.493 e. The number of nitrogens with one attached hydrogen (secondary N) is 1. The zero-order chi connectivity index (χ0) is 14.4. The Labute approximate surface area is 119 Å². The van der Waals surface area contributed by atoms with Crippen LogP contribution in [0, 0.1) is 0 Å². The number of hydrogen-bond donors (Lipinski definition) is 1. The first-order valence-electron chi connectivity index (χ1n) is 6.63. The molecule has 0 saturated heterocycles. The van der Waals surface area contributed by atoms with Crippen molar-refractivity contribution in [1.29, 1.82) is 0 Å². The highest BCUT2D eigenvalue weighted by molar-refractivity contribution is 5.42. The van der Waals surface area contributed by atoms with E-state index in [1.807, 2.05) is 36.1 Å². The van der Waals surface area contributed by atoms with Crippen LogP contribution in [0.15, 0.2) is 30.5 Å². The van der Waals surface area contributed by atoms with Gasteiger partial charge < -0.3 is 14.8 Å². The minimum absolute atomic E-state index is 0.763. The smallest absolute Gasteiger partial charge is 0.160 e. The maximum absolute atomic E-state index is 5.30. The van der Waals surface area contributed by atoms with Gasteiger partial charge in [-0.15, -0.1) is 0 Å². The van der Waals surface area contributed by atoms with Gasteiger partial charge in [0.2, 0.25) is 0 Å². The van der Waals surface area contributed by atoms with Crippen LogP contribution in [0.25, 0.3) is 0 Å². The number of benzene rings is 1. The number of hydrogen-bond acceptors (Lipinski definition) is 4. The van der Waals surface area contributed by atoms with E-state index in [9.17, 15) is 0 Å². The summed E-state index contributed by atoms with van der Waals surface area (Å²) in [6.07, 6.45) is 2.75. The Morgan fingerprint density at radius 2 is 1.95 bits per heavy atom. The van der Waals surface area contributed by atoms with Crippen LogP contribution in [0.4, 0.5) is 0 Å². The van der Waals surface area contributed by atoms with E-state index in [0.29, 0.717) is 0 Å². The average molecular weight is 275 g/mol. The van der Waals surface area contributed by atoms with Gasteiger partial charge in [-0.1, -0.05) is 6.07 Å². The van der Waals surface area contributed by atoms with Crippen molar-refractivity contribution in [1.82, 2.24) is 15.1 Å². The zero-order valence-corrected chi connectivity index (χ0v) is 12.2. The summed E-state index contributed by atoms with van der Waals surface area (Å²) in [5.41, 5.74) is 2.40. The van der Waals surface area contributed by atoms with Gasteiger partial charge in [0.05, 0.1) is 19.9 Å². The molecule has 0 spiro atoms. The molecule has 1 heterocycles. The molecular formula is C15H21N3O2. The highest BCUT2D eigenvalue weighted by Gasteiger charge is 2.04. The van der Waals surface area contributed by atoms with Crippen molar-refractivity contribution in [2.45, 2.75) is 13.0 Å². The predicted octanol–water partition coefficient (Wildman–Crippen LogP) is 1.77. The second-order valence-corrected chi connectivity index (χ2v) is 4.56. The number of rotatable bonds is 7. The van der Waals surface area contributed by atoms with E-state index in [4.69, 9.17) is 9.47 Å². The Kier molecular flexibility index (Phi) is 5.01. The standard InChI is InChI=1S/C15H21N3O2/c1-18-13(7-9-17-18)11-16-8-6-12-4-5-14(19-2)15(10-12)20-3/h4-5,7,9-10,16H,6,8,11H2,1-3H3. The molecule has 0 radical (unpaired) electrons. The molecule has 5 nitrogen and oxygen atoms in total. The van der Waals surface area contributed by atoms with Crippen LogP contribution >= 0.6 is 0 Å². The highest BCUT2D eigenvalue weighted by atomic mass is 16.5.